The number of para-hydroxylation sites is 1. The maximum atomic E-state index is 5.76. The minimum Gasteiger partial charge on any atom is -0.491 e. The highest BCUT2D eigenvalue weighted by Gasteiger charge is 2.06. The summed E-state index contributed by atoms with van der Waals surface area (Å²) in [7, 11) is 0. The second-order valence-electron chi connectivity index (χ2n) is 5.67. The molecule has 1 aromatic heterocycles. The summed E-state index contributed by atoms with van der Waals surface area (Å²) in [4.78, 5) is 4.31. The molecule has 1 N–H and O–H groups in total. The molecule has 2 aromatic carbocycles. The van der Waals surface area contributed by atoms with Gasteiger partial charge in [-0.1, -0.05) is 18.2 Å². The number of nitrogens with zero attached hydrogens (tertiary/aromatic N) is 3. The first kappa shape index (κ1) is 15.1. The van der Waals surface area contributed by atoms with Gasteiger partial charge in [0, 0.05) is 11.8 Å². The zero-order valence-corrected chi connectivity index (χ0v) is 13.5. The molecule has 5 heteroatoms. The van der Waals surface area contributed by atoms with Gasteiger partial charge >= 0.3 is 0 Å². The Kier molecular flexibility index (Phi) is 4.28. The third kappa shape index (κ3) is 3.88. The van der Waals surface area contributed by atoms with Crippen molar-refractivity contribution in [2.24, 2.45) is 0 Å². The molecule has 0 amide bonds. The lowest BCUT2D eigenvalue weighted by molar-refractivity contribution is 0.242. The van der Waals surface area contributed by atoms with Crippen LogP contribution in [0.5, 0.6) is 5.75 Å². The normalized spacial score (nSPS) is 10.8. The fourth-order valence-corrected chi connectivity index (χ4v) is 2.31. The SMILES string of the molecule is Cc1cc(Nc2ncn(-c3ccccc3)n2)cc(OC(C)C)c1. The van der Waals surface area contributed by atoms with E-state index in [9.17, 15) is 0 Å². The van der Waals surface area contributed by atoms with Gasteiger partial charge in [-0.3, -0.25) is 0 Å². The summed E-state index contributed by atoms with van der Waals surface area (Å²) in [5.74, 6) is 1.39. The molecule has 0 radical (unpaired) electrons. The summed E-state index contributed by atoms with van der Waals surface area (Å²) in [6, 6.07) is 15.9. The van der Waals surface area contributed by atoms with Crippen LogP contribution < -0.4 is 10.1 Å². The van der Waals surface area contributed by atoms with E-state index in [4.69, 9.17) is 4.74 Å². The topological polar surface area (TPSA) is 52.0 Å². The van der Waals surface area contributed by atoms with Crippen LogP contribution in [-0.2, 0) is 0 Å². The lowest BCUT2D eigenvalue weighted by Gasteiger charge is -2.12. The summed E-state index contributed by atoms with van der Waals surface area (Å²) >= 11 is 0. The minimum atomic E-state index is 0.139. The molecule has 1 heterocycles. The maximum absolute atomic E-state index is 5.76. The number of hydrogen-bond donors (Lipinski definition) is 1. The van der Waals surface area contributed by atoms with Crippen LogP contribution in [0.15, 0.2) is 54.9 Å². The van der Waals surface area contributed by atoms with Crippen LogP contribution in [0.3, 0.4) is 0 Å². The highest BCUT2D eigenvalue weighted by molar-refractivity contribution is 5.57. The molecule has 0 aliphatic heterocycles. The lowest BCUT2D eigenvalue weighted by Crippen LogP contribution is -2.06. The molecule has 0 aliphatic carbocycles. The van der Waals surface area contributed by atoms with Crippen molar-refractivity contribution in [3.05, 3.63) is 60.4 Å². The molecule has 23 heavy (non-hydrogen) atoms. The van der Waals surface area contributed by atoms with Crippen molar-refractivity contribution < 1.29 is 4.74 Å². The Balaban J connectivity index is 1.80. The average molecular weight is 308 g/mol. The van der Waals surface area contributed by atoms with E-state index in [-0.39, 0.29) is 6.10 Å². The maximum Gasteiger partial charge on any atom is 0.246 e. The second kappa shape index (κ2) is 6.52. The van der Waals surface area contributed by atoms with Crippen LogP contribution in [0.1, 0.15) is 19.4 Å². The highest BCUT2D eigenvalue weighted by Crippen LogP contribution is 2.23. The van der Waals surface area contributed by atoms with Crippen molar-refractivity contribution in [3.63, 3.8) is 0 Å². The molecule has 5 nitrogen and oxygen atoms in total. The number of rotatable bonds is 5. The Morgan fingerprint density at radius 2 is 1.87 bits per heavy atom. The lowest BCUT2D eigenvalue weighted by atomic mass is 10.2. The standard InChI is InChI=1S/C18H20N4O/c1-13(2)23-17-10-14(3)9-15(11-17)20-18-19-12-22(21-18)16-7-5-4-6-8-16/h4-13H,1-3H3,(H,20,21). The molecule has 3 rings (SSSR count). The van der Waals surface area contributed by atoms with Gasteiger partial charge < -0.3 is 10.1 Å². The second-order valence-corrected chi connectivity index (χ2v) is 5.67. The molecular weight excluding hydrogens is 288 g/mol. The van der Waals surface area contributed by atoms with Crippen molar-refractivity contribution in [2.75, 3.05) is 5.32 Å². The van der Waals surface area contributed by atoms with Crippen molar-refractivity contribution in [1.82, 2.24) is 14.8 Å². The van der Waals surface area contributed by atoms with Crippen LogP contribution in [0.4, 0.5) is 11.6 Å². The molecule has 0 unspecified atom stereocenters. The molecule has 118 valence electrons. The summed E-state index contributed by atoms with van der Waals surface area (Å²) in [6.07, 6.45) is 1.83. The zero-order valence-electron chi connectivity index (χ0n) is 13.5. The molecule has 0 aliphatic rings. The third-order valence-electron chi connectivity index (χ3n) is 3.19. The Morgan fingerprint density at radius 3 is 2.61 bits per heavy atom. The van der Waals surface area contributed by atoms with Crippen LogP contribution in [0.25, 0.3) is 5.69 Å². The number of ether oxygens (including phenoxy) is 1. The first-order valence-electron chi connectivity index (χ1n) is 7.62. The van der Waals surface area contributed by atoms with Crippen LogP contribution in [0.2, 0.25) is 0 Å². The van der Waals surface area contributed by atoms with Gasteiger partial charge in [0.1, 0.15) is 12.1 Å². The van der Waals surface area contributed by atoms with Crippen LogP contribution >= 0.6 is 0 Å². The number of anilines is 2. The summed E-state index contributed by atoms with van der Waals surface area (Å²) in [5.41, 5.74) is 3.00. The Morgan fingerprint density at radius 1 is 1.09 bits per heavy atom. The minimum absolute atomic E-state index is 0.139. The number of aryl methyl sites for hydroxylation is 1. The Labute approximate surface area is 135 Å². The number of hydrogen-bond acceptors (Lipinski definition) is 4. The Bertz CT molecular complexity index is 781. The van der Waals surface area contributed by atoms with Crippen LogP contribution in [-0.4, -0.2) is 20.9 Å². The average Bonchev–Trinajstić information content (AvgIpc) is 2.95. The summed E-state index contributed by atoms with van der Waals surface area (Å²) in [5, 5.41) is 7.68. The van der Waals surface area contributed by atoms with Gasteiger partial charge in [0.2, 0.25) is 5.95 Å². The molecule has 3 aromatic rings. The van der Waals surface area contributed by atoms with E-state index in [1.165, 1.54) is 0 Å². The van der Waals surface area contributed by atoms with Gasteiger partial charge in [0.25, 0.3) is 0 Å². The molecule has 0 fully saturated rings. The van der Waals surface area contributed by atoms with Gasteiger partial charge in [-0.15, -0.1) is 5.10 Å². The van der Waals surface area contributed by atoms with E-state index in [1.807, 2.05) is 69.3 Å². The van der Waals surface area contributed by atoms with Crippen molar-refractivity contribution >= 4 is 11.6 Å². The highest BCUT2D eigenvalue weighted by atomic mass is 16.5. The first-order chi connectivity index (χ1) is 11.1. The van der Waals surface area contributed by atoms with Crippen LogP contribution in [0, 0.1) is 6.92 Å². The van der Waals surface area contributed by atoms with E-state index in [2.05, 4.69) is 15.4 Å². The monoisotopic (exact) mass is 308 g/mol. The van der Waals surface area contributed by atoms with Crippen molar-refractivity contribution in [2.45, 2.75) is 26.9 Å². The predicted octanol–water partition coefficient (Wildman–Crippen LogP) is 4.11. The summed E-state index contributed by atoms with van der Waals surface area (Å²) in [6.45, 7) is 6.06. The fraction of sp³-hybridized carbons (Fsp3) is 0.222. The van der Waals surface area contributed by atoms with E-state index in [0.29, 0.717) is 5.95 Å². The van der Waals surface area contributed by atoms with E-state index >= 15 is 0 Å². The first-order valence-corrected chi connectivity index (χ1v) is 7.62. The zero-order chi connectivity index (χ0) is 16.2. The molecule has 0 atom stereocenters. The molecule has 0 bridgehead atoms. The molecule has 0 spiro atoms. The van der Waals surface area contributed by atoms with Gasteiger partial charge in [0.15, 0.2) is 0 Å². The number of nitrogens with one attached hydrogen (secondary N) is 1. The quantitative estimate of drug-likeness (QED) is 0.771. The largest absolute Gasteiger partial charge is 0.491 e. The van der Waals surface area contributed by atoms with Crippen molar-refractivity contribution in [1.29, 1.82) is 0 Å². The van der Waals surface area contributed by atoms with Crippen molar-refractivity contribution in [3.8, 4) is 11.4 Å². The molecule has 0 saturated heterocycles. The summed E-state index contributed by atoms with van der Waals surface area (Å²) < 4.78 is 7.50. The van der Waals surface area contributed by atoms with Gasteiger partial charge in [-0.25, -0.2) is 4.68 Å². The van der Waals surface area contributed by atoms with Gasteiger partial charge in [-0.05, 0) is 50.6 Å². The predicted molar refractivity (Wildman–Crippen MR) is 91.6 cm³/mol. The van der Waals surface area contributed by atoms with E-state index in [1.54, 1.807) is 11.0 Å². The van der Waals surface area contributed by atoms with Gasteiger partial charge in [0.05, 0.1) is 11.8 Å². The fourth-order valence-electron chi connectivity index (χ4n) is 2.31. The van der Waals surface area contributed by atoms with E-state index in [0.717, 1.165) is 22.7 Å². The molecular formula is C18H20N4O. The smallest absolute Gasteiger partial charge is 0.246 e. The Hall–Kier alpha value is -2.82. The third-order valence-corrected chi connectivity index (χ3v) is 3.19. The van der Waals surface area contributed by atoms with Gasteiger partial charge in [-0.2, -0.15) is 4.98 Å². The number of benzene rings is 2. The molecule has 0 saturated carbocycles. The number of aromatic nitrogens is 3. The van der Waals surface area contributed by atoms with E-state index < -0.39 is 0 Å².